The van der Waals surface area contributed by atoms with E-state index in [1.807, 2.05) is 48.5 Å². The smallest absolute Gasteiger partial charge is 0.238 e. The van der Waals surface area contributed by atoms with Crippen LogP contribution >= 0.6 is 0 Å². The Morgan fingerprint density at radius 2 is 1.83 bits per heavy atom. The maximum absolute atomic E-state index is 12.2. The monoisotopic (exact) mass is 312 g/mol. The quantitative estimate of drug-likeness (QED) is 0.922. The molecule has 2 aromatic carbocycles. The first-order chi connectivity index (χ1) is 11.2. The lowest BCUT2D eigenvalue weighted by Gasteiger charge is -2.19. The number of benzene rings is 2. The Morgan fingerprint density at radius 3 is 2.52 bits per heavy atom. The third kappa shape index (κ3) is 3.29. The molecule has 0 aromatic heterocycles. The zero-order chi connectivity index (χ0) is 16.2. The molecule has 1 aliphatic heterocycles. The van der Waals surface area contributed by atoms with Crippen molar-refractivity contribution in [3.63, 3.8) is 0 Å². The first kappa shape index (κ1) is 15.4. The van der Waals surface area contributed by atoms with Gasteiger partial charge in [0, 0.05) is 6.42 Å². The fourth-order valence-electron chi connectivity index (χ4n) is 2.75. The lowest BCUT2D eigenvalue weighted by molar-refractivity contribution is -0.130. The Balaban J connectivity index is 1.74. The fraction of sp³-hybridized carbons (Fsp3) is 0.278. The number of hydrazine groups is 1. The average molecular weight is 312 g/mol. The van der Waals surface area contributed by atoms with Crippen LogP contribution in [-0.4, -0.2) is 25.1 Å². The average Bonchev–Trinajstić information content (AvgIpc) is 2.96. The summed E-state index contributed by atoms with van der Waals surface area (Å²) in [6.07, 6.45) is 0.433. The lowest BCUT2D eigenvalue weighted by Crippen LogP contribution is -2.34. The summed E-state index contributed by atoms with van der Waals surface area (Å²) in [7, 11) is 3.22. The summed E-state index contributed by atoms with van der Waals surface area (Å²) in [5, 5.41) is 1.68. The minimum absolute atomic E-state index is 0.0500. The molecular formula is C18H20N2O3. The van der Waals surface area contributed by atoms with Gasteiger partial charge in [0.25, 0.3) is 0 Å². The van der Waals surface area contributed by atoms with E-state index in [1.54, 1.807) is 19.2 Å². The van der Waals surface area contributed by atoms with Gasteiger partial charge < -0.3 is 9.47 Å². The number of hydrogen-bond acceptors (Lipinski definition) is 4. The second-order valence-corrected chi connectivity index (χ2v) is 5.47. The second-order valence-electron chi connectivity index (χ2n) is 5.47. The fourth-order valence-corrected chi connectivity index (χ4v) is 2.75. The van der Waals surface area contributed by atoms with Crippen LogP contribution in [0.15, 0.2) is 48.5 Å². The van der Waals surface area contributed by atoms with Crippen molar-refractivity contribution in [1.29, 1.82) is 0 Å². The lowest BCUT2D eigenvalue weighted by atomic mass is 10.0. The van der Waals surface area contributed by atoms with E-state index in [1.165, 1.54) is 0 Å². The predicted molar refractivity (Wildman–Crippen MR) is 87.0 cm³/mol. The predicted octanol–water partition coefficient (Wildman–Crippen LogP) is 2.68. The van der Waals surface area contributed by atoms with Crippen LogP contribution in [0.1, 0.15) is 23.6 Å². The third-order valence-corrected chi connectivity index (χ3v) is 3.98. The van der Waals surface area contributed by atoms with E-state index >= 15 is 0 Å². The molecule has 1 unspecified atom stereocenters. The molecule has 1 N–H and O–H groups in total. The second kappa shape index (κ2) is 6.71. The molecule has 23 heavy (non-hydrogen) atoms. The number of carbonyl (C=O) groups excluding carboxylic acids is 1. The number of hydrogen-bond donors (Lipinski definition) is 1. The molecular weight excluding hydrogens is 292 g/mol. The van der Waals surface area contributed by atoms with E-state index in [-0.39, 0.29) is 11.9 Å². The standard InChI is InChI=1S/C18H20N2O3/c1-22-16-9-8-14(10-17(16)23-2)15-11-18(21)20(19-15)12-13-6-4-3-5-7-13/h3-10,15,19H,11-12H2,1-2H3. The van der Waals surface area contributed by atoms with Gasteiger partial charge in [-0.05, 0) is 23.3 Å². The van der Waals surface area contributed by atoms with Crippen LogP contribution in [0.3, 0.4) is 0 Å². The van der Waals surface area contributed by atoms with Crippen molar-refractivity contribution in [3.05, 3.63) is 59.7 Å². The number of ether oxygens (including phenoxy) is 2. The molecule has 120 valence electrons. The van der Waals surface area contributed by atoms with Crippen molar-refractivity contribution in [2.24, 2.45) is 0 Å². The first-order valence-electron chi connectivity index (χ1n) is 7.53. The maximum atomic E-state index is 12.2. The van der Waals surface area contributed by atoms with Gasteiger partial charge in [-0.15, -0.1) is 0 Å². The van der Waals surface area contributed by atoms with Crippen LogP contribution in [0, 0.1) is 0 Å². The Labute approximate surface area is 135 Å². The number of carbonyl (C=O) groups is 1. The zero-order valence-electron chi connectivity index (χ0n) is 13.3. The molecule has 1 atom stereocenters. The van der Waals surface area contributed by atoms with Gasteiger partial charge in [-0.25, -0.2) is 5.43 Å². The first-order valence-corrected chi connectivity index (χ1v) is 7.53. The maximum Gasteiger partial charge on any atom is 0.238 e. The molecule has 2 aromatic rings. The minimum atomic E-state index is -0.0500. The summed E-state index contributed by atoms with van der Waals surface area (Å²) in [5.74, 6) is 1.44. The number of amides is 1. The van der Waals surface area contributed by atoms with Crippen molar-refractivity contribution in [2.75, 3.05) is 14.2 Å². The Kier molecular flexibility index (Phi) is 4.48. The van der Waals surface area contributed by atoms with E-state index in [9.17, 15) is 4.79 Å². The van der Waals surface area contributed by atoms with Gasteiger partial charge in [-0.1, -0.05) is 36.4 Å². The van der Waals surface area contributed by atoms with E-state index < -0.39 is 0 Å². The molecule has 5 nitrogen and oxygen atoms in total. The summed E-state index contributed by atoms with van der Waals surface area (Å²) < 4.78 is 10.6. The van der Waals surface area contributed by atoms with E-state index in [0.717, 1.165) is 11.1 Å². The largest absolute Gasteiger partial charge is 0.493 e. The highest BCUT2D eigenvalue weighted by Gasteiger charge is 2.30. The van der Waals surface area contributed by atoms with Gasteiger partial charge in [0.1, 0.15) is 0 Å². The summed E-state index contributed by atoms with van der Waals surface area (Å²) in [6.45, 7) is 0.559. The molecule has 1 saturated heterocycles. The normalized spacial score (nSPS) is 17.4. The Hall–Kier alpha value is -2.53. The van der Waals surface area contributed by atoms with E-state index in [4.69, 9.17) is 9.47 Å². The number of nitrogens with zero attached hydrogens (tertiary/aromatic N) is 1. The van der Waals surface area contributed by atoms with Crippen molar-refractivity contribution < 1.29 is 14.3 Å². The summed E-state index contributed by atoms with van der Waals surface area (Å²) >= 11 is 0. The van der Waals surface area contributed by atoms with Gasteiger partial charge in [-0.2, -0.15) is 0 Å². The van der Waals surface area contributed by atoms with Gasteiger partial charge in [-0.3, -0.25) is 9.80 Å². The molecule has 1 amide bonds. The molecule has 1 fully saturated rings. The number of methoxy groups -OCH3 is 2. The minimum Gasteiger partial charge on any atom is -0.493 e. The van der Waals surface area contributed by atoms with E-state index in [2.05, 4.69) is 5.43 Å². The molecule has 0 saturated carbocycles. The molecule has 0 bridgehead atoms. The van der Waals surface area contributed by atoms with Crippen LogP contribution in [0.2, 0.25) is 0 Å². The van der Waals surface area contributed by atoms with E-state index in [0.29, 0.717) is 24.5 Å². The van der Waals surface area contributed by atoms with Crippen molar-refractivity contribution in [2.45, 2.75) is 19.0 Å². The molecule has 0 radical (unpaired) electrons. The Bertz CT molecular complexity index is 688. The van der Waals surface area contributed by atoms with Crippen molar-refractivity contribution in [1.82, 2.24) is 10.4 Å². The zero-order valence-corrected chi connectivity index (χ0v) is 13.3. The van der Waals surface area contributed by atoms with Crippen molar-refractivity contribution >= 4 is 5.91 Å². The highest BCUT2D eigenvalue weighted by Crippen LogP contribution is 2.33. The summed E-state index contributed by atoms with van der Waals surface area (Å²) in [5.41, 5.74) is 5.39. The van der Waals surface area contributed by atoms with Crippen LogP contribution in [0.25, 0.3) is 0 Å². The topological polar surface area (TPSA) is 50.8 Å². The van der Waals surface area contributed by atoms with Crippen LogP contribution in [-0.2, 0) is 11.3 Å². The number of nitrogens with one attached hydrogen (secondary N) is 1. The van der Waals surface area contributed by atoms with Gasteiger partial charge in [0.15, 0.2) is 11.5 Å². The Morgan fingerprint density at radius 1 is 1.09 bits per heavy atom. The molecule has 0 aliphatic carbocycles. The third-order valence-electron chi connectivity index (χ3n) is 3.98. The highest BCUT2D eigenvalue weighted by molar-refractivity contribution is 5.78. The van der Waals surface area contributed by atoms with Crippen LogP contribution in [0.5, 0.6) is 11.5 Å². The molecule has 1 heterocycles. The van der Waals surface area contributed by atoms with Gasteiger partial charge >= 0.3 is 0 Å². The van der Waals surface area contributed by atoms with Gasteiger partial charge in [0.05, 0.1) is 26.8 Å². The SMILES string of the molecule is COc1ccc(C2CC(=O)N(Cc3ccccc3)N2)cc1OC. The highest BCUT2D eigenvalue weighted by atomic mass is 16.5. The van der Waals surface area contributed by atoms with Gasteiger partial charge in [0.2, 0.25) is 5.91 Å². The summed E-state index contributed by atoms with van der Waals surface area (Å²) in [4.78, 5) is 12.2. The molecule has 3 rings (SSSR count). The molecule has 1 aliphatic rings. The summed E-state index contributed by atoms with van der Waals surface area (Å²) in [6, 6.07) is 15.6. The van der Waals surface area contributed by atoms with Crippen molar-refractivity contribution in [3.8, 4) is 11.5 Å². The van der Waals surface area contributed by atoms with Crippen LogP contribution in [0.4, 0.5) is 0 Å². The number of rotatable bonds is 5. The molecule has 5 heteroatoms. The molecule has 0 spiro atoms. The van der Waals surface area contributed by atoms with Crippen LogP contribution < -0.4 is 14.9 Å².